The van der Waals surface area contributed by atoms with Gasteiger partial charge in [0.25, 0.3) is 0 Å². The van der Waals surface area contributed by atoms with Crippen molar-refractivity contribution in [1.82, 2.24) is 5.32 Å². The molecule has 1 N–H and O–H groups in total. The number of benzene rings is 1. The fourth-order valence-electron chi connectivity index (χ4n) is 1.58. The number of hydrogen-bond acceptors (Lipinski definition) is 3. The van der Waals surface area contributed by atoms with Crippen molar-refractivity contribution in [2.75, 3.05) is 6.61 Å². The monoisotopic (exact) mass is 232 g/mol. The Morgan fingerprint density at radius 3 is 2.71 bits per heavy atom. The molecule has 0 spiro atoms. The summed E-state index contributed by atoms with van der Waals surface area (Å²) < 4.78 is 5.43. The van der Waals surface area contributed by atoms with Gasteiger partial charge in [0.05, 0.1) is 19.1 Å². The molecule has 0 aliphatic rings. The summed E-state index contributed by atoms with van der Waals surface area (Å²) in [6.45, 7) is 6.18. The minimum atomic E-state index is 0.222. The van der Waals surface area contributed by atoms with Crippen molar-refractivity contribution in [3.8, 4) is 6.07 Å². The van der Waals surface area contributed by atoms with Crippen molar-refractivity contribution < 1.29 is 4.74 Å². The van der Waals surface area contributed by atoms with E-state index in [2.05, 4.69) is 23.5 Å². The van der Waals surface area contributed by atoms with Gasteiger partial charge in [-0.1, -0.05) is 24.3 Å². The molecular formula is C14H20N2O. The number of nitrogens with one attached hydrogen (secondary N) is 1. The van der Waals surface area contributed by atoms with Gasteiger partial charge in [0.15, 0.2) is 0 Å². The van der Waals surface area contributed by atoms with Crippen molar-refractivity contribution in [3.63, 3.8) is 0 Å². The lowest BCUT2D eigenvalue weighted by Crippen LogP contribution is -2.25. The molecule has 0 saturated carbocycles. The Morgan fingerprint density at radius 1 is 1.35 bits per heavy atom. The molecule has 0 aliphatic carbocycles. The third-order valence-corrected chi connectivity index (χ3v) is 2.62. The van der Waals surface area contributed by atoms with E-state index in [9.17, 15) is 0 Å². The fraction of sp³-hybridized carbons (Fsp3) is 0.500. The third kappa shape index (κ3) is 4.99. The van der Waals surface area contributed by atoms with Crippen molar-refractivity contribution >= 4 is 0 Å². The first-order chi connectivity index (χ1) is 8.27. The van der Waals surface area contributed by atoms with Crippen LogP contribution in [0.2, 0.25) is 0 Å². The predicted octanol–water partition coefficient (Wildman–Crippen LogP) is 2.61. The van der Waals surface area contributed by atoms with Gasteiger partial charge >= 0.3 is 0 Å². The summed E-state index contributed by atoms with van der Waals surface area (Å²) in [5.74, 6) is 0. The largest absolute Gasteiger partial charge is 0.377 e. The maximum Gasteiger partial charge on any atom is 0.0719 e. The molecule has 92 valence electrons. The molecule has 0 radical (unpaired) electrons. The number of hydrogen-bond donors (Lipinski definition) is 1. The van der Waals surface area contributed by atoms with E-state index in [0.717, 1.165) is 13.2 Å². The molecule has 1 aromatic carbocycles. The van der Waals surface area contributed by atoms with Gasteiger partial charge in [0.1, 0.15) is 0 Å². The normalized spacial score (nSPS) is 12.1. The van der Waals surface area contributed by atoms with E-state index < -0.39 is 0 Å². The molecular weight excluding hydrogens is 212 g/mol. The molecule has 0 bridgehead atoms. The van der Waals surface area contributed by atoms with E-state index in [1.807, 2.05) is 26.0 Å². The Labute approximate surface area is 103 Å². The first kappa shape index (κ1) is 13.7. The Hall–Kier alpha value is -1.37. The molecule has 17 heavy (non-hydrogen) atoms. The van der Waals surface area contributed by atoms with Crippen molar-refractivity contribution in [2.45, 2.75) is 39.5 Å². The van der Waals surface area contributed by atoms with Gasteiger partial charge in [0.2, 0.25) is 0 Å². The van der Waals surface area contributed by atoms with E-state index in [-0.39, 0.29) is 6.04 Å². The summed E-state index contributed by atoms with van der Waals surface area (Å²) in [4.78, 5) is 0. The topological polar surface area (TPSA) is 45.0 Å². The van der Waals surface area contributed by atoms with Crippen LogP contribution in [0.25, 0.3) is 0 Å². The fourth-order valence-corrected chi connectivity index (χ4v) is 1.58. The number of nitriles is 1. The van der Waals surface area contributed by atoms with Gasteiger partial charge in [0, 0.05) is 19.2 Å². The highest BCUT2D eigenvalue weighted by Gasteiger charge is 2.04. The maximum absolute atomic E-state index is 8.59. The maximum atomic E-state index is 8.59. The molecule has 0 aromatic heterocycles. The molecule has 3 nitrogen and oxygen atoms in total. The van der Waals surface area contributed by atoms with E-state index in [1.165, 1.54) is 11.1 Å². The van der Waals surface area contributed by atoms with Crippen LogP contribution in [0.15, 0.2) is 24.3 Å². The second-order valence-electron chi connectivity index (χ2n) is 4.05. The molecule has 1 aromatic rings. The van der Waals surface area contributed by atoms with Gasteiger partial charge in [-0.15, -0.1) is 0 Å². The van der Waals surface area contributed by atoms with E-state index in [1.54, 1.807) is 0 Å². The summed E-state index contributed by atoms with van der Waals surface area (Å²) in [5, 5.41) is 11.9. The lowest BCUT2D eigenvalue weighted by molar-refractivity contribution is 0.133. The standard InChI is InChI=1S/C14H20N2O/c1-3-17-11-14-7-5-4-6-13(14)10-16-12(2)8-9-15/h4-7,12,16H,3,8,10-11H2,1-2H3. The average Bonchev–Trinajstić information content (AvgIpc) is 2.35. The van der Waals surface area contributed by atoms with Gasteiger partial charge in [-0.25, -0.2) is 0 Å². The summed E-state index contributed by atoms with van der Waals surface area (Å²) in [7, 11) is 0. The van der Waals surface area contributed by atoms with Crippen molar-refractivity contribution in [2.24, 2.45) is 0 Å². The number of nitrogens with zero attached hydrogens (tertiary/aromatic N) is 1. The minimum Gasteiger partial charge on any atom is -0.377 e. The molecule has 3 heteroatoms. The van der Waals surface area contributed by atoms with Crippen LogP contribution in [0.4, 0.5) is 0 Å². The van der Waals surface area contributed by atoms with Crippen LogP contribution in [0.5, 0.6) is 0 Å². The zero-order chi connectivity index (χ0) is 12.5. The third-order valence-electron chi connectivity index (χ3n) is 2.62. The highest BCUT2D eigenvalue weighted by Crippen LogP contribution is 2.10. The Bertz CT molecular complexity index is 371. The van der Waals surface area contributed by atoms with E-state index in [0.29, 0.717) is 13.0 Å². The summed E-state index contributed by atoms with van der Waals surface area (Å²) in [5.41, 5.74) is 2.46. The van der Waals surface area contributed by atoms with Crippen LogP contribution in [-0.4, -0.2) is 12.6 Å². The van der Waals surface area contributed by atoms with Crippen molar-refractivity contribution in [3.05, 3.63) is 35.4 Å². The molecule has 0 saturated heterocycles. The first-order valence-electron chi connectivity index (χ1n) is 6.02. The molecule has 0 fully saturated rings. The van der Waals surface area contributed by atoms with E-state index >= 15 is 0 Å². The highest BCUT2D eigenvalue weighted by atomic mass is 16.5. The summed E-state index contributed by atoms with van der Waals surface area (Å²) in [6.07, 6.45) is 0.535. The quantitative estimate of drug-likeness (QED) is 0.786. The Balaban J connectivity index is 2.54. The summed E-state index contributed by atoms with van der Waals surface area (Å²) >= 11 is 0. The number of rotatable bonds is 7. The zero-order valence-corrected chi connectivity index (χ0v) is 10.6. The Morgan fingerprint density at radius 2 is 2.06 bits per heavy atom. The second kappa shape index (κ2) is 7.83. The smallest absolute Gasteiger partial charge is 0.0719 e. The van der Waals surface area contributed by atoms with Crippen molar-refractivity contribution in [1.29, 1.82) is 5.26 Å². The Kier molecular flexibility index (Phi) is 6.31. The highest BCUT2D eigenvalue weighted by molar-refractivity contribution is 5.26. The molecule has 0 aliphatic heterocycles. The van der Waals surface area contributed by atoms with Crippen LogP contribution in [0, 0.1) is 11.3 Å². The first-order valence-corrected chi connectivity index (χ1v) is 6.02. The number of ether oxygens (including phenoxy) is 1. The zero-order valence-electron chi connectivity index (χ0n) is 10.6. The minimum absolute atomic E-state index is 0.222. The molecule has 1 unspecified atom stereocenters. The molecule has 1 rings (SSSR count). The van der Waals surface area contributed by atoms with E-state index in [4.69, 9.17) is 10.00 Å². The second-order valence-corrected chi connectivity index (χ2v) is 4.05. The van der Waals surface area contributed by atoms with Crippen LogP contribution in [-0.2, 0) is 17.9 Å². The average molecular weight is 232 g/mol. The van der Waals surface area contributed by atoms with Crippen LogP contribution >= 0.6 is 0 Å². The van der Waals surface area contributed by atoms with Crippen LogP contribution < -0.4 is 5.32 Å². The molecule has 1 atom stereocenters. The van der Waals surface area contributed by atoms with Gasteiger partial charge in [-0.2, -0.15) is 5.26 Å². The lowest BCUT2D eigenvalue weighted by Gasteiger charge is -2.13. The van der Waals surface area contributed by atoms with Gasteiger partial charge < -0.3 is 10.1 Å². The van der Waals surface area contributed by atoms with Gasteiger partial charge in [-0.05, 0) is 25.0 Å². The van der Waals surface area contributed by atoms with Crippen LogP contribution in [0.3, 0.4) is 0 Å². The lowest BCUT2D eigenvalue weighted by atomic mass is 10.1. The van der Waals surface area contributed by atoms with Crippen LogP contribution in [0.1, 0.15) is 31.4 Å². The summed E-state index contributed by atoms with van der Waals surface area (Å²) in [6, 6.07) is 10.6. The van der Waals surface area contributed by atoms with Gasteiger partial charge in [-0.3, -0.25) is 0 Å². The SMILES string of the molecule is CCOCc1ccccc1CNC(C)CC#N. The predicted molar refractivity (Wildman–Crippen MR) is 68.3 cm³/mol. The molecule has 0 amide bonds. The molecule has 0 heterocycles.